The minimum atomic E-state index is -0.779. The number of nitrogens with two attached hydrogens (primary N) is 1. The van der Waals surface area contributed by atoms with Crippen LogP contribution in [0.15, 0.2) is 11.6 Å². The molecule has 0 spiro atoms. The molecule has 1 atom stereocenters. The maximum absolute atomic E-state index is 12.5. The molecule has 2 rings (SSSR count). The summed E-state index contributed by atoms with van der Waals surface area (Å²) in [7, 11) is 0. The lowest BCUT2D eigenvalue weighted by atomic mass is 9.79. The summed E-state index contributed by atoms with van der Waals surface area (Å²) < 4.78 is 5.30. The lowest BCUT2D eigenvalue weighted by Crippen LogP contribution is -2.52. The molecule has 1 aliphatic heterocycles. The van der Waals surface area contributed by atoms with Gasteiger partial charge in [0.1, 0.15) is 10.4 Å². The second-order valence-electron chi connectivity index (χ2n) is 4.62. The Balaban J connectivity index is 2.10. The summed E-state index contributed by atoms with van der Waals surface area (Å²) in [5.41, 5.74) is 5.02. The van der Waals surface area contributed by atoms with Crippen molar-refractivity contribution in [3.63, 3.8) is 0 Å². The SMILES string of the molecule is CC(NC(=O)C1(C(N)=S)CCOCC1)c1nccs1. The van der Waals surface area contributed by atoms with Crippen molar-refractivity contribution in [2.45, 2.75) is 25.8 Å². The number of hydrogen-bond donors (Lipinski definition) is 2. The van der Waals surface area contributed by atoms with Gasteiger partial charge in [0.2, 0.25) is 5.91 Å². The Hall–Kier alpha value is -1.05. The van der Waals surface area contributed by atoms with Crippen molar-refractivity contribution in [2.24, 2.45) is 11.1 Å². The second kappa shape index (κ2) is 5.94. The van der Waals surface area contributed by atoms with Crippen molar-refractivity contribution in [1.29, 1.82) is 0 Å². The summed E-state index contributed by atoms with van der Waals surface area (Å²) in [6, 6.07) is -0.137. The van der Waals surface area contributed by atoms with Gasteiger partial charge in [-0.25, -0.2) is 4.98 Å². The third-order valence-corrected chi connectivity index (χ3v) is 4.77. The van der Waals surface area contributed by atoms with Crippen LogP contribution in [0.4, 0.5) is 0 Å². The first kappa shape index (κ1) is 14.4. The van der Waals surface area contributed by atoms with Crippen LogP contribution in [0.3, 0.4) is 0 Å². The summed E-state index contributed by atoms with van der Waals surface area (Å²) in [5, 5.41) is 5.72. The summed E-state index contributed by atoms with van der Waals surface area (Å²) in [6.45, 7) is 2.93. The monoisotopic (exact) mass is 299 g/mol. The maximum Gasteiger partial charge on any atom is 0.233 e. The molecule has 0 bridgehead atoms. The third kappa shape index (κ3) is 2.93. The van der Waals surface area contributed by atoms with Crippen LogP contribution < -0.4 is 11.1 Å². The second-order valence-corrected chi connectivity index (χ2v) is 5.99. The minimum Gasteiger partial charge on any atom is -0.392 e. The molecule has 1 amide bonds. The highest BCUT2D eigenvalue weighted by Crippen LogP contribution is 2.32. The van der Waals surface area contributed by atoms with Gasteiger partial charge < -0.3 is 15.8 Å². The molecule has 1 aromatic heterocycles. The van der Waals surface area contributed by atoms with E-state index in [1.807, 2.05) is 12.3 Å². The Morgan fingerprint density at radius 3 is 2.84 bits per heavy atom. The van der Waals surface area contributed by atoms with Crippen LogP contribution >= 0.6 is 23.6 Å². The average Bonchev–Trinajstić information content (AvgIpc) is 2.93. The van der Waals surface area contributed by atoms with E-state index in [1.165, 1.54) is 11.3 Å². The zero-order chi connectivity index (χ0) is 13.9. The van der Waals surface area contributed by atoms with E-state index in [0.29, 0.717) is 26.1 Å². The molecule has 5 nitrogen and oxygen atoms in total. The number of nitrogens with one attached hydrogen (secondary N) is 1. The molecule has 2 heterocycles. The number of carbonyl (C=O) groups excluding carboxylic acids is 1. The lowest BCUT2D eigenvalue weighted by Gasteiger charge is -2.35. The van der Waals surface area contributed by atoms with E-state index >= 15 is 0 Å². The molecule has 0 radical (unpaired) electrons. The highest BCUT2D eigenvalue weighted by Gasteiger charge is 2.43. The molecule has 19 heavy (non-hydrogen) atoms. The van der Waals surface area contributed by atoms with E-state index in [0.717, 1.165) is 5.01 Å². The number of nitrogens with zero attached hydrogens (tertiary/aromatic N) is 1. The zero-order valence-corrected chi connectivity index (χ0v) is 12.4. The van der Waals surface area contributed by atoms with Gasteiger partial charge in [-0.05, 0) is 19.8 Å². The quantitative estimate of drug-likeness (QED) is 0.822. The predicted molar refractivity (Wildman–Crippen MR) is 77.9 cm³/mol. The first-order valence-electron chi connectivity index (χ1n) is 6.14. The highest BCUT2D eigenvalue weighted by atomic mass is 32.1. The molecule has 1 fully saturated rings. The van der Waals surface area contributed by atoms with E-state index in [9.17, 15) is 4.79 Å². The van der Waals surface area contributed by atoms with Crippen molar-refractivity contribution in [3.8, 4) is 0 Å². The molecule has 1 unspecified atom stereocenters. The first-order valence-corrected chi connectivity index (χ1v) is 7.43. The fourth-order valence-electron chi connectivity index (χ4n) is 2.15. The zero-order valence-electron chi connectivity index (χ0n) is 10.7. The van der Waals surface area contributed by atoms with Crippen LogP contribution in [-0.2, 0) is 9.53 Å². The standard InChI is InChI=1S/C12H17N3O2S2/c1-8(9-14-4-7-19-9)15-11(16)12(10(13)18)2-5-17-6-3-12/h4,7-8H,2-3,5-6H2,1H3,(H2,13,18)(H,15,16). The number of thiazole rings is 1. The van der Waals surface area contributed by atoms with E-state index in [4.69, 9.17) is 22.7 Å². The summed E-state index contributed by atoms with van der Waals surface area (Å²) in [4.78, 5) is 17.0. The van der Waals surface area contributed by atoms with Crippen LogP contribution in [0.1, 0.15) is 30.8 Å². The molecule has 1 saturated heterocycles. The number of aromatic nitrogens is 1. The summed E-state index contributed by atoms with van der Waals surface area (Å²) in [5.74, 6) is -0.119. The van der Waals surface area contributed by atoms with Crippen molar-refractivity contribution in [3.05, 3.63) is 16.6 Å². The van der Waals surface area contributed by atoms with Gasteiger partial charge in [0, 0.05) is 24.8 Å². The first-order chi connectivity index (χ1) is 9.06. The van der Waals surface area contributed by atoms with E-state index in [-0.39, 0.29) is 16.9 Å². The molecule has 1 aromatic rings. The largest absolute Gasteiger partial charge is 0.392 e. The maximum atomic E-state index is 12.5. The van der Waals surface area contributed by atoms with Crippen molar-refractivity contribution < 1.29 is 9.53 Å². The molecular weight excluding hydrogens is 282 g/mol. The van der Waals surface area contributed by atoms with Gasteiger partial charge in [-0.15, -0.1) is 11.3 Å². The van der Waals surface area contributed by atoms with Gasteiger partial charge in [-0.1, -0.05) is 12.2 Å². The van der Waals surface area contributed by atoms with Gasteiger partial charge in [-0.3, -0.25) is 4.79 Å². The Morgan fingerprint density at radius 1 is 1.63 bits per heavy atom. The molecule has 104 valence electrons. The summed E-state index contributed by atoms with van der Waals surface area (Å²) in [6.07, 6.45) is 2.80. The van der Waals surface area contributed by atoms with Crippen molar-refractivity contribution in [2.75, 3.05) is 13.2 Å². The number of thiocarbonyl (C=S) groups is 1. The number of hydrogen-bond acceptors (Lipinski definition) is 5. The number of carbonyl (C=O) groups is 1. The highest BCUT2D eigenvalue weighted by molar-refractivity contribution is 7.80. The molecule has 3 N–H and O–H groups in total. The predicted octanol–water partition coefficient (Wildman–Crippen LogP) is 1.40. The van der Waals surface area contributed by atoms with Crippen molar-refractivity contribution in [1.82, 2.24) is 10.3 Å². The van der Waals surface area contributed by atoms with Crippen LogP contribution in [0.2, 0.25) is 0 Å². The van der Waals surface area contributed by atoms with E-state index in [1.54, 1.807) is 6.20 Å². The molecule has 7 heteroatoms. The Kier molecular flexibility index (Phi) is 4.49. The average molecular weight is 299 g/mol. The third-order valence-electron chi connectivity index (χ3n) is 3.42. The molecule has 0 aromatic carbocycles. The Labute approximate surface area is 121 Å². The summed E-state index contributed by atoms with van der Waals surface area (Å²) >= 11 is 6.62. The fraction of sp³-hybridized carbons (Fsp3) is 0.583. The van der Waals surface area contributed by atoms with E-state index in [2.05, 4.69) is 10.3 Å². The normalized spacial score (nSPS) is 19.6. The molecule has 1 aliphatic rings. The van der Waals surface area contributed by atoms with Crippen LogP contribution in [0, 0.1) is 5.41 Å². The van der Waals surface area contributed by atoms with Gasteiger partial charge in [0.25, 0.3) is 0 Å². The van der Waals surface area contributed by atoms with Crippen molar-refractivity contribution >= 4 is 34.5 Å². The van der Waals surface area contributed by atoms with Crippen LogP contribution in [0.5, 0.6) is 0 Å². The number of amides is 1. The van der Waals surface area contributed by atoms with Gasteiger partial charge >= 0.3 is 0 Å². The van der Waals surface area contributed by atoms with Crippen LogP contribution in [0.25, 0.3) is 0 Å². The Morgan fingerprint density at radius 2 is 2.32 bits per heavy atom. The van der Waals surface area contributed by atoms with E-state index < -0.39 is 5.41 Å². The van der Waals surface area contributed by atoms with Gasteiger partial charge in [0.05, 0.1) is 11.0 Å². The molecule has 0 aliphatic carbocycles. The minimum absolute atomic E-state index is 0.119. The number of ether oxygens (including phenoxy) is 1. The molecule has 0 saturated carbocycles. The smallest absolute Gasteiger partial charge is 0.233 e. The van der Waals surface area contributed by atoms with Gasteiger partial charge in [-0.2, -0.15) is 0 Å². The molecular formula is C12H17N3O2S2. The fourth-order valence-corrected chi connectivity index (χ4v) is 3.09. The Bertz CT molecular complexity index is 456. The van der Waals surface area contributed by atoms with Crippen LogP contribution in [-0.4, -0.2) is 29.1 Å². The number of rotatable bonds is 4. The topological polar surface area (TPSA) is 77.2 Å². The lowest BCUT2D eigenvalue weighted by molar-refractivity contribution is -0.132. The van der Waals surface area contributed by atoms with Gasteiger partial charge in [0.15, 0.2) is 0 Å².